The number of ether oxygens (including phenoxy) is 1. The summed E-state index contributed by atoms with van der Waals surface area (Å²) in [6, 6.07) is 14.6. The van der Waals surface area contributed by atoms with Crippen LogP contribution in [-0.4, -0.2) is 17.5 Å². The van der Waals surface area contributed by atoms with Gasteiger partial charge in [-0.05, 0) is 23.8 Å². The molecule has 1 heterocycles. The molecule has 0 aliphatic carbocycles. The Kier molecular flexibility index (Phi) is 2.52. The molecule has 3 heteroatoms. The first-order chi connectivity index (χ1) is 8.79. The van der Waals surface area contributed by atoms with Crippen molar-refractivity contribution in [1.82, 2.24) is 0 Å². The lowest BCUT2D eigenvalue weighted by molar-refractivity contribution is -0.113. The molecular weight excluding hydrogens is 228 g/mol. The Morgan fingerprint density at radius 2 is 1.89 bits per heavy atom. The number of aldehydes is 1. The number of carbonyl (C=O) groups is 1. The van der Waals surface area contributed by atoms with E-state index in [4.69, 9.17) is 4.74 Å². The summed E-state index contributed by atoms with van der Waals surface area (Å²) in [7, 11) is 0. The van der Waals surface area contributed by atoms with E-state index in [1.807, 2.05) is 30.3 Å². The summed E-state index contributed by atoms with van der Waals surface area (Å²) in [4.78, 5) is 11.2. The first-order valence-corrected chi connectivity index (χ1v) is 5.79. The largest absolute Gasteiger partial charge is 0.508 e. The van der Waals surface area contributed by atoms with Crippen LogP contribution in [0.3, 0.4) is 0 Å². The molecule has 2 aromatic carbocycles. The van der Waals surface area contributed by atoms with Crippen molar-refractivity contribution in [1.29, 1.82) is 0 Å². The van der Waals surface area contributed by atoms with Gasteiger partial charge in [0.05, 0.1) is 5.92 Å². The summed E-state index contributed by atoms with van der Waals surface area (Å²) in [5.74, 6) is 0.703. The third kappa shape index (κ3) is 1.64. The number of aromatic hydroxyl groups is 1. The molecule has 2 aromatic rings. The van der Waals surface area contributed by atoms with E-state index in [1.54, 1.807) is 18.2 Å². The van der Waals surface area contributed by atoms with E-state index in [9.17, 15) is 9.90 Å². The summed E-state index contributed by atoms with van der Waals surface area (Å²) in [5, 5.41) is 9.58. The van der Waals surface area contributed by atoms with Crippen molar-refractivity contribution in [3.8, 4) is 11.5 Å². The Morgan fingerprint density at radius 3 is 2.61 bits per heavy atom. The molecule has 1 aliphatic heterocycles. The highest BCUT2D eigenvalue weighted by molar-refractivity contribution is 5.66. The molecule has 90 valence electrons. The van der Waals surface area contributed by atoms with Gasteiger partial charge in [0.25, 0.3) is 0 Å². The second-order valence-electron chi connectivity index (χ2n) is 4.33. The summed E-state index contributed by atoms with van der Waals surface area (Å²) in [6.07, 6.45) is 0.290. The third-order valence-electron chi connectivity index (χ3n) is 3.21. The van der Waals surface area contributed by atoms with Gasteiger partial charge in [-0.2, -0.15) is 0 Å². The van der Waals surface area contributed by atoms with Crippen molar-refractivity contribution < 1.29 is 14.6 Å². The minimum absolute atomic E-state index is 0.147. The Bertz CT molecular complexity index is 578. The van der Waals surface area contributed by atoms with Crippen molar-refractivity contribution in [3.05, 3.63) is 59.7 Å². The summed E-state index contributed by atoms with van der Waals surface area (Å²) >= 11 is 0. The summed E-state index contributed by atoms with van der Waals surface area (Å²) in [5.41, 5.74) is 1.87. The van der Waals surface area contributed by atoms with Gasteiger partial charge < -0.3 is 9.84 Å². The van der Waals surface area contributed by atoms with Gasteiger partial charge in [0.1, 0.15) is 11.5 Å². The molecule has 2 unspecified atom stereocenters. The van der Waals surface area contributed by atoms with E-state index in [0.29, 0.717) is 5.75 Å². The topological polar surface area (TPSA) is 46.5 Å². The highest BCUT2D eigenvalue weighted by Crippen LogP contribution is 2.42. The molecular formula is C15H12O3. The van der Waals surface area contributed by atoms with Crippen molar-refractivity contribution >= 4 is 6.29 Å². The first kappa shape index (κ1) is 10.8. The van der Waals surface area contributed by atoms with Crippen LogP contribution in [0, 0.1) is 0 Å². The number of phenols is 1. The van der Waals surface area contributed by atoms with Gasteiger partial charge in [-0.15, -0.1) is 0 Å². The molecule has 2 atom stereocenters. The predicted molar refractivity (Wildman–Crippen MR) is 66.9 cm³/mol. The maximum Gasteiger partial charge on any atom is 0.165 e. The van der Waals surface area contributed by atoms with Crippen LogP contribution in [0.15, 0.2) is 48.5 Å². The summed E-state index contributed by atoms with van der Waals surface area (Å²) < 4.78 is 5.60. The van der Waals surface area contributed by atoms with E-state index >= 15 is 0 Å². The second-order valence-corrected chi connectivity index (χ2v) is 4.33. The van der Waals surface area contributed by atoms with Crippen LogP contribution in [0.25, 0.3) is 0 Å². The number of phenolic OH excluding ortho intramolecular Hbond substituents is 1. The maximum absolute atomic E-state index is 11.2. The van der Waals surface area contributed by atoms with Gasteiger partial charge in [-0.25, -0.2) is 0 Å². The Morgan fingerprint density at radius 1 is 1.11 bits per heavy atom. The van der Waals surface area contributed by atoms with Crippen LogP contribution >= 0.6 is 0 Å². The Labute approximate surface area is 105 Å². The number of fused-ring (bicyclic) bond motifs is 1. The minimum Gasteiger partial charge on any atom is -0.508 e. The van der Waals surface area contributed by atoms with E-state index in [2.05, 4.69) is 0 Å². The molecule has 0 spiro atoms. The lowest BCUT2D eigenvalue weighted by Gasteiger charge is -2.14. The third-order valence-corrected chi connectivity index (χ3v) is 3.21. The molecule has 1 aliphatic rings. The van der Waals surface area contributed by atoms with Crippen LogP contribution in [0.2, 0.25) is 0 Å². The van der Waals surface area contributed by atoms with Crippen molar-refractivity contribution in [2.45, 2.75) is 12.0 Å². The molecule has 0 saturated heterocycles. The number of hydrogen-bond acceptors (Lipinski definition) is 3. The van der Waals surface area contributed by atoms with Gasteiger partial charge >= 0.3 is 0 Å². The number of carbonyl (C=O) groups excluding carboxylic acids is 1. The van der Waals surface area contributed by atoms with Gasteiger partial charge in [-0.1, -0.05) is 30.3 Å². The lowest BCUT2D eigenvalue weighted by Crippen LogP contribution is -2.21. The fraction of sp³-hybridized carbons (Fsp3) is 0.133. The highest BCUT2D eigenvalue weighted by atomic mass is 16.5. The van der Waals surface area contributed by atoms with Crippen LogP contribution in [0.5, 0.6) is 11.5 Å². The number of rotatable bonds is 2. The van der Waals surface area contributed by atoms with Crippen molar-refractivity contribution in [2.24, 2.45) is 0 Å². The summed E-state index contributed by atoms with van der Waals surface area (Å²) in [6.45, 7) is 0. The fourth-order valence-electron chi connectivity index (χ4n) is 2.41. The van der Waals surface area contributed by atoms with Crippen LogP contribution in [-0.2, 0) is 4.79 Å². The molecule has 18 heavy (non-hydrogen) atoms. The van der Waals surface area contributed by atoms with Crippen molar-refractivity contribution in [3.63, 3.8) is 0 Å². The zero-order chi connectivity index (χ0) is 12.5. The maximum atomic E-state index is 11.2. The quantitative estimate of drug-likeness (QED) is 0.820. The highest BCUT2D eigenvalue weighted by Gasteiger charge is 2.35. The fourth-order valence-corrected chi connectivity index (χ4v) is 2.41. The normalized spacial score (nSPS) is 21.1. The van der Waals surface area contributed by atoms with Crippen molar-refractivity contribution in [2.75, 3.05) is 0 Å². The van der Waals surface area contributed by atoms with E-state index in [0.717, 1.165) is 17.4 Å². The number of hydrogen-bond donors (Lipinski definition) is 1. The average molecular weight is 240 g/mol. The zero-order valence-electron chi connectivity index (χ0n) is 9.61. The van der Waals surface area contributed by atoms with Gasteiger partial charge in [0.15, 0.2) is 12.4 Å². The molecule has 0 radical (unpaired) electrons. The zero-order valence-corrected chi connectivity index (χ0v) is 9.61. The molecule has 1 N–H and O–H groups in total. The molecule has 0 amide bonds. The molecule has 3 nitrogen and oxygen atoms in total. The predicted octanol–water partition coefficient (Wildman–Crippen LogP) is 2.48. The molecule has 0 aromatic heterocycles. The van der Waals surface area contributed by atoms with Gasteiger partial charge in [0.2, 0.25) is 0 Å². The average Bonchev–Trinajstić information content (AvgIpc) is 2.77. The van der Waals surface area contributed by atoms with Crippen LogP contribution in [0.1, 0.15) is 17.0 Å². The van der Waals surface area contributed by atoms with Gasteiger partial charge in [-0.3, -0.25) is 4.79 Å². The van der Waals surface area contributed by atoms with Gasteiger partial charge in [0, 0.05) is 5.56 Å². The number of benzene rings is 2. The van der Waals surface area contributed by atoms with Crippen LogP contribution < -0.4 is 4.74 Å². The van der Waals surface area contributed by atoms with E-state index < -0.39 is 6.10 Å². The van der Waals surface area contributed by atoms with E-state index in [-0.39, 0.29) is 11.7 Å². The first-order valence-electron chi connectivity index (χ1n) is 5.79. The standard InChI is InChI=1S/C15H12O3/c16-9-14-15(10-4-2-1-3-5-10)12-8-11(17)6-7-13(12)18-14/h1-9,14-15,17H. The molecule has 0 fully saturated rings. The second kappa shape index (κ2) is 4.18. The Hall–Kier alpha value is -2.29. The van der Waals surface area contributed by atoms with E-state index in [1.165, 1.54) is 0 Å². The monoisotopic (exact) mass is 240 g/mol. The SMILES string of the molecule is O=CC1Oc2ccc(O)cc2C1c1ccccc1. The lowest BCUT2D eigenvalue weighted by atomic mass is 9.88. The van der Waals surface area contributed by atoms with Crippen LogP contribution in [0.4, 0.5) is 0 Å². The minimum atomic E-state index is -0.524. The smallest absolute Gasteiger partial charge is 0.165 e. The Balaban J connectivity index is 2.13. The molecule has 0 saturated carbocycles. The molecule has 0 bridgehead atoms. The molecule has 3 rings (SSSR count).